The van der Waals surface area contributed by atoms with Crippen LogP contribution < -0.4 is 4.90 Å². The molecule has 0 amide bonds. The summed E-state index contributed by atoms with van der Waals surface area (Å²) in [6.07, 6.45) is 21.0. The quantitative estimate of drug-likeness (QED) is 0.131. The molecule has 0 radical (unpaired) electrons. The number of nitrogens with zero attached hydrogens (tertiary/aromatic N) is 1. The number of anilines is 3. The largest absolute Gasteiger partial charge is 0.311 e. The highest BCUT2D eigenvalue weighted by atomic mass is 15.1. The molecule has 1 nitrogen and oxygen atoms in total. The van der Waals surface area contributed by atoms with Gasteiger partial charge in [0.25, 0.3) is 0 Å². The third-order valence-corrected chi connectivity index (χ3v) is 16.5. The lowest BCUT2D eigenvalue weighted by atomic mass is 9.63. The van der Waals surface area contributed by atoms with Crippen molar-refractivity contribution < 1.29 is 0 Å². The van der Waals surface area contributed by atoms with Crippen LogP contribution in [0.3, 0.4) is 0 Å². The third-order valence-electron chi connectivity index (χ3n) is 16.5. The lowest BCUT2D eigenvalue weighted by molar-refractivity contribution is 0.332. The Bertz CT molecular complexity index is 2550. The Hall–Kier alpha value is -5.66. The molecule has 0 aromatic heterocycles. The zero-order chi connectivity index (χ0) is 47.6. The van der Waals surface area contributed by atoms with Gasteiger partial charge in [-0.1, -0.05) is 211 Å². The van der Waals surface area contributed by atoms with Gasteiger partial charge in [0.1, 0.15) is 0 Å². The highest BCUT2D eigenvalue weighted by Crippen LogP contribution is 2.49. The van der Waals surface area contributed by atoms with E-state index in [1.807, 2.05) is 0 Å². The molecule has 0 saturated carbocycles. The molecule has 6 aromatic carbocycles. The van der Waals surface area contributed by atoms with E-state index in [1.165, 1.54) is 105 Å². The summed E-state index contributed by atoms with van der Waals surface area (Å²) in [5.74, 6) is 0. The fraction of sp³-hybridized carbons (Fsp3) is 0.364. The zero-order valence-corrected chi connectivity index (χ0v) is 42.8. The van der Waals surface area contributed by atoms with Crippen molar-refractivity contribution in [2.24, 2.45) is 0 Å². The van der Waals surface area contributed by atoms with Crippen LogP contribution in [0.1, 0.15) is 188 Å². The minimum Gasteiger partial charge on any atom is -0.311 e. The number of fused-ring (bicyclic) bond motifs is 3. The predicted octanol–water partition coefficient (Wildman–Crippen LogP) is 18.7. The topological polar surface area (TPSA) is 3.24 Å². The van der Waals surface area contributed by atoms with Crippen LogP contribution in [0.4, 0.5) is 17.1 Å². The zero-order valence-electron chi connectivity index (χ0n) is 42.8. The standard InChI is InChI=1S/C66H75N/c1-61(2)37-40-64(7,8)58-43-49(25-34-55(58)61)16-13-46-19-28-52(29-20-46)67(53-30-21-47(22-31-53)14-17-50-26-35-56-59(44-50)65(9,10)41-38-62(56,3)4)54-32-23-48(24-33-54)15-18-51-27-36-57-60(45-51)66(11,12)42-39-63(57,5)6/h13-36,43-45H,37-42H2,1-12H3/b16-13+,17-14+,18-15+. The Balaban J connectivity index is 0.992. The van der Waals surface area contributed by atoms with E-state index >= 15 is 0 Å². The number of hydrogen-bond donors (Lipinski definition) is 0. The van der Waals surface area contributed by atoms with Gasteiger partial charge in [0, 0.05) is 17.1 Å². The van der Waals surface area contributed by atoms with E-state index in [1.54, 1.807) is 0 Å². The van der Waals surface area contributed by atoms with Crippen LogP contribution in [0.15, 0.2) is 127 Å². The highest BCUT2D eigenvalue weighted by molar-refractivity contribution is 5.81. The Kier molecular flexibility index (Phi) is 11.9. The van der Waals surface area contributed by atoms with E-state index in [0.717, 1.165) is 17.1 Å². The molecule has 0 saturated heterocycles. The lowest BCUT2D eigenvalue weighted by Crippen LogP contribution is -2.33. The van der Waals surface area contributed by atoms with Crippen molar-refractivity contribution in [1.82, 2.24) is 0 Å². The van der Waals surface area contributed by atoms with Crippen molar-refractivity contribution in [2.75, 3.05) is 4.90 Å². The second kappa shape index (κ2) is 17.1. The minimum absolute atomic E-state index is 0.190. The van der Waals surface area contributed by atoms with E-state index in [9.17, 15) is 0 Å². The predicted molar refractivity (Wildman–Crippen MR) is 293 cm³/mol. The summed E-state index contributed by atoms with van der Waals surface area (Å²) < 4.78 is 0. The van der Waals surface area contributed by atoms with Gasteiger partial charge in [-0.2, -0.15) is 0 Å². The van der Waals surface area contributed by atoms with Gasteiger partial charge >= 0.3 is 0 Å². The van der Waals surface area contributed by atoms with Gasteiger partial charge in [0.05, 0.1) is 0 Å². The van der Waals surface area contributed by atoms with E-state index in [-0.39, 0.29) is 32.5 Å². The molecule has 1 heteroatoms. The molecule has 67 heavy (non-hydrogen) atoms. The Labute approximate surface area is 404 Å². The molecule has 344 valence electrons. The van der Waals surface area contributed by atoms with Gasteiger partial charge in [0.2, 0.25) is 0 Å². The first kappa shape index (κ1) is 46.5. The summed E-state index contributed by atoms with van der Waals surface area (Å²) in [6.45, 7) is 28.8. The maximum atomic E-state index is 2.43. The lowest BCUT2D eigenvalue weighted by Gasteiger charge is -2.42. The summed E-state index contributed by atoms with van der Waals surface area (Å²) in [7, 11) is 0. The molecule has 0 unspecified atom stereocenters. The summed E-state index contributed by atoms with van der Waals surface area (Å²) in [6, 6.07) is 48.4. The Morgan fingerprint density at radius 2 is 0.448 bits per heavy atom. The molecule has 0 heterocycles. The van der Waals surface area contributed by atoms with Crippen LogP contribution in [-0.4, -0.2) is 0 Å². The summed E-state index contributed by atoms with van der Waals surface area (Å²) in [5.41, 5.74) is 21.0. The molecule has 0 N–H and O–H groups in total. The molecule has 0 spiro atoms. The van der Waals surface area contributed by atoms with E-state index < -0.39 is 0 Å². The van der Waals surface area contributed by atoms with Gasteiger partial charge < -0.3 is 4.90 Å². The van der Waals surface area contributed by atoms with Crippen LogP contribution >= 0.6 is 0 Å². The molecular formula is C66H75N. The van der Waals surface area contributed by atoms with Crippen molar-refractivity contribution in [2.45, 2.75) is 154 Å². The first-order valence-corrected chi connectivity index (χ1v) is 25.2. The van der Waals surface area contributed by atoms with Gasteiger partial charge in [0.15, 0.2) is 0 Å². The van der Waals surface area contributed by atoms with Crippen LogP contribution in [0, 0.1) is 0 Å². The highest BCUT2D eigenvalue weighted by Gasteiger charge is 2.39. The van der Waals surface area contributed by atoms with Crippen LogP contribution in [0.2, 0.25) is 0 Å². The average Bonchev–Trinajstić information content (AvgIpc) is 3.30. The minimum atomic E-state index is 0.190. The average molecular weight is 882 g/mol. The number of hydrogen-bond acceptors (Lipinski definition) is 1. The van der Waals surface area contributed by atoms with Gasteiger partial charge in [-0.15, -0.1) is 0 Å². The van der Waals surface area contributed by atoms with Crippen molar-refractivity contribution in [3.05, 3.63) is 194 Å². The van der Waals surface area contributed by atoms with Crippen LogP contribution in [0.5, 0.6) is 0 Å². The summed E-state index contributed by atoms with van der Waals surface area (Å²) in [4.78, 5) is 2.38. The second-order valence-electron chi connectivity index (χ2n) is 24.3. The van der Waals surface area contributed by atoms with Crippen LogP contribution in [0.25, 0.3) is 36.5 Å². The molecule has 3 aliphatic carbocycles. The monoisotopic (exact) mass is 882 g/mol. The van der Waals surface area contributed by atoms with E-state index in [4.69, 9.17) is 0 Å². The van der Waals surface area contributed by atoms with Crippen molar-refractivity contribution >= 4 is 53.5 Å². The third kappa shape index (κ3) is 9.46. The van der Waals surface area contributed by atoms with Crippen LogP contribution in [-0.2, 0) is 32.5 Å². The summed E-state index contributed by atoms with van der Waals surface area (Å²) in [5, 5.41) is 0. The van der Waals surface area contributed by atoms with Gasteiger partial charge in [-0.05, 0) is 174 Å². The molecule has 9 rings (SSSR count). The van der Waals surface area contributed by atoms with Crippen molar-refractivity contribution in [3.8, 4) is 0 Å². The van der Waals surface area contributed by atoms with Crippen molar-refractivity contribution in [1.29, 1.82) is 0 Å². The maximum Gasteiger partial charge on any atom is 0.0462 e. The molecule has 3 aliphatic rings. The fourth-order valence-corrected chi connectivity index (χ4v) is 11.4. The van der Waals surface area contributed by atoms with Gasteiger partial charge in [-0.3, -0.25) is 0 Å². The van der Waals surface area contributed by atoms with E-state index in [2.05, 4.69) is 252 Å². The number of rotatable bonds is 9. The SMILES string of the molecule is CC1(C)CCC(C)(C)c2cc(/C=C/c3ccc(N(c4ccc(/C=C/c5ccc6c(c5)C(C)(C)CCC6(C)C)cc4)c4ccc(/C=C/c5ccc6c(c5)C(C)(C)CCC6(C)C)cc4)cc3)ccc21. The molecule has 0 aliphatic heterocycles. The molecule has 6 aromatic rings. The molecule has 0 fully saturated rings. The Morgan fingerprint density at radius 3 is 0.687 bits per heavy atom. The molecule has 0 atom stereocenters. The first-order chi connectivity index (χ1) is 31.6. The first-order valence-electron chi connectivity index (χ1n) is 25.2. The smallest absolute Gasteiger partial charge is 0.0462 e. The molecule has 0 bridgehead atoms. The fourth-order valence-electron chi connectivity index (χ4n) is 11.4. The normalized spacial score (nSPS) is 19.5. The van der Waals surface area contributed by atoms with Gasteiger partial charge in [-0.25, -0.2) is 0 Å². The second-order valence-corrected chi connectivity index (χ2v) is 24.3. The Morgan fingerprint density at radius 1 is 0.254 bits per heavy atom. The van der Waals surface area contributed by atoms with Crippen molar-refractivity contribution in [3.63, 3.8) is 0 Å². The molecular weight excluding hydrogens is 807 g/mol. The summed E-state index contributed by atoms with van der Waals surface area (Å²) >= 11 is 0. The maximum absolute atomic E-state index is 2.43. The van der Waals surface area contributed by atoms with E-state index in [0.29, 0.717) is 0 Å². The number of benzene rings is 6.